The minimum absolute atomic E-state index is 0.0233. The number of aromatic hydroxyl groups is 1. The van der Waals surface area contributed by atoms with Crippen molar-refractivity contribution in [3.05, 3.63) is 101 Å². The molecular formula is C26H18Cl2F8N4O4. The summed E-state index contributed by atoms with van der Waals surface area (Å²) in [6, 6.07) is 3.55. The highest BCUT2D eigenvalue weighted by Crippen LogP contribution is 2.33. The molecule has 0 bridgehead atoms. The quantitative estimate of drug-likeness (QED) is 0.239. The molecule has 1 N–H and O–H groups in total. The van der Waals surface area contributed by atoms with E-state index in [0.29, 0.717) is 21.8 Å². The van der Waals surface area contributed by atoms with Gasteiger partial charge in [-0.05, 0) is 32.9 Å². The third-order valence-corrected chi connectivity index (χ3v) is 6.42. The van der Waals surface area contributed by atoms with Crippen molar-refractivity contribution < 1.29 is 45.0 Å². The largest absolute Gasteiger partial charge is 0.506 e. The second kappa shape index (κ2) is 12.8. The van der Waals surface area contributed by atoms with Gasteiger partial charge in [-0.1, -0.05) is 23.2 Å². The Hall–Kier alpha value is -4.18. The Morgan fingerprint density at radius 1 is 0.773 bits per heavy atom. The minimum Gasteiger partial charge on any atom is -0.506 e. The number of hydrogen-bond acceptors (Lipinski definition) is 6. The third kappa shape index (κ3) is 7.13. The van der Waals surface area contributed by atoms with Gasteiger partial charge in [0.15, 0.2) is 11.6 Å². The molecule has 0 saturated carbocycles. The van der Waals surface area contributed by atoms with Gasteiger partial charge in [0.1, 0.15) is 22.9 Å². The Balaban J connectivity index is 0.000000241. The Morgan fingerprint density at radius 3 is 1.59 bits per heavy atom. The van der Waals surface area contributed by atoms with Gasteiger partial charge in [0.25, 0.3) is 11.1 Å². The molecule has 0 fully saturated rings. The summed E-state index contributed by atoms with van der Waals surface area (Å²) in [5.74, 6) is -2.35. The molecule has 0 aliphatic carbocycles. The van der Waals surface area contributed by atoms with E-state index in [-0.39, 0.29) is 28.1 Å². The Morgan fingerprint density at radius 2 is 1.18 bits per heavy atom. The van der Waals surface area contributed by atoms with Crippen molar-refractivity contribution in [3.63, 3.8) is 0 Å². The molecule has 8 nitrogen and oxygen atoms in total. The van der Waals surface area contributed by atoms with Gasteiger partial charge in [-0.2, -0.15) is 45.9 Å². The van der Waals surface area contributed by atoms with E-state index in [2.05, 4.69) is 10.2 Å². The van der Waals surface area contributed by atoms with Gasteiger partial charge >= 0.3 is 12.4 Å². The summed E-state index contributed by atoms with van der Waals surface area (Å²) in [7, 11) is 0. The lowest BCUT2D eigenvalue weighted by molar-refractivity contribution is -0.139. The van der Waals surface area contributed by atoms with E-state index < -0.39 is 68.8 Å². The lowest BCUT2D eigenvalue weighted by Crippen LogP contribution is -2.27. The first-order valence-corrected chi connectivity index (χ1v) is 12.7. The summed E-state index contributed by atoms with van der Waals surface area (Å²) in [6.45, 7) is 3.86. The highest BCUT2D eigenvalue weighted by atomic mass is 35.5. The molecule has 2 aromatic carbocycles. The van der Waals surface area contributed by atoms with E-state index in [1.807, 2.05) is 0 Å². The van der Waals surface area contributed by atoms with Crippen molar-refractivity contribution in [2.75, 3.05) is 6.61 Å². The molecule has 4 rings (SSSR count). The molecule has 0 spiro atoms. The molecule has 236 valence electrons. The SMILES string of the molecule is CCOc1cc(-n2ncc(C(F)(F)F)c(C)c2=O)c(F)cc1Cl.Cc1c(C(F)(F)F)cnn(-c2cc(O)c(Cl)cc2F)c1=O. The van der Waals surface area contributed by atoms with Gasteiger partial charge in [0, 0.05) is 23.3 Å². The molecule has 44 heavy (non-hydrogen) atoms. The number of phenols is 1. The predicted octanol–water partition coefficient (Wildman–Crippen LogP) is 6.81. The summed E-state index contributed by atoms with van der Waals surface area (Å²) < 4.78 is 110. The fourth-order valence-electron chi connectivity index (χ4n) is 3.63. The number of hydrogen-bond donors (Lipinski definition) is 1. The van der Waals surface area contributed by atoms with E-state index in [0.717, 1.165) is 38.1 Å². The zero-order valence-electron chi connectivity index (χ0n) is 22.4. The number of ether oxygens (including phenoxy) is 1. The zero-order valence-corrected chi connectivity index (χ0v) is 23.9. The molecule has 0 atom stereocenters. The maximum atomic E-state index is 14.0. The number of nitrogens with zero attached hydrogens (tertiary/aromatic N) is 4. The number of alkyl halides is 6. The molecule has 0 unspecified atom stereocenters. The summed E-state index contributed by atoms with van der Waals surface area (Å²) >= 11 is 11.3. The van der Waals surface area contributed by atoms with Crippen LogP contribution in [0.4, 0.5) is 35.1 Å². The van der Waals surface area contributed by atoms with Crippen molar-refractivity contribution in [2.24, 2.45) is 0 Å². The normalized spacial score (nSPS) is 11.7. The lowest BCUT2D eigenvalue weighted by atomic mass is 10.2. The van der Waals surface area contributed by atoms with Crippen molar-refractivity contribution in [3.8, 4) is 22.9 Å². The van der Waals surface area contributed by atoms with E-state index >= 15 is 0 Å². The molecule has 0 aliphatic rings. The van der Waals surface area contributed by atoms with Crippen molar-refractivity contribution >= 4 is 23.2 Å². The molecular weight excluding hydrogens is 655 g/mol. The van der Waals surface area contributed by atoms with Crippen LogP contribution in [0.15, 0.2) is 46.2 Å². The highest BCUT2D eigenvalue weighted by Gasteiger charge is 2.35. The molecule has 2 aromatic heterocycles. The van der Waals surface area contributed by atoms with Crippen LogP contribution in [-0.2, 0) is 12.4 Å². The number of halogens is 10. The van der Waals surface area contributed by atoms with Crippen LogP contribution in [0.5, 0.6) is 11.5 Å². The Bertz CT molecular complexity index is 1840. The Labute approximate surface area is 251 Å². The second-order valence-corrected chi connectivity index (χ2v) is 9.53. The fourth-order valence-corrected chi connectivity index (χ4v) is 3.98. The van der Waals surface area contributed by atoms with E-state index in [1.54, 1.807) is 6.92 Å². The van der Waals surface area contributed by atoms with Crippen molar-refractivity contribution in [1.82, 2.24) is 19.6 Å². The van der Waals surface area contributed by atoms with Crippen molar-refractivity contribution in [1.29, 1.82) is 0 Å². The molecule has 18 heteroatoms. The van der Waals surface area contributed by atoms with Gasteiger partial charge < -0.3 is 9.84 Å². The molecule has 0 amide bonds. The Kier molecular flexibility index (Phi) is 9.99. The van der Waals surface area contributed by atoms with Gasteiger partial charge in [-0.15, -0.1) is 0 Å². The number of aromatic nitrogens is 4. The summed E-state index contributed by atoms with van der Waals surface area (Å²) in [5.41, 5.74) is -6.67. The molecule has 0 aliphatic heterocycles. The van der Waals surface area contributed by atoms with E-state index in [4.69, 9.17) is 27.9 Å². The first-order chi connectivity index (χ1) is 20.3. The predicted molar refractivity (Wildman–Crippen MR) is 142 cm³/mol. The van der Waals surface area contributed by atoms with Crippen LogP contribution in [0.25, 0.3) is 11.4 Å². The molecule has 0 radical (unpaired) electrons. The summed E-state index contributed by atoms with van der Waals surface area (Å²) in [4.78, 5) is 24.0. The van der Waals surface area contributed by atoms with Crippen LogP contribution in [0.3, 0.4) is 0 Å². The molecule has 0 saturated heterocycles. The van der Waals surface area contributed by atoms with Gasteiger partial charge in [0.05, 0.1) is 40.2 Å². The standard InChI is InChI=1S/C14H11ClF4N2O2.C12H7ClF4N2O2/c1-3-23-12-5-11(10(16)4-9(12)15)21-13(22)7(2)8(6-20-21)14(17,18)19;1-5-6(12(15,16)17)4-18-19(11(5)21)9-3-10(20)7(13)2-8(9)14/h4-6H,3H2,1-2H3;2-4,20H,1H3. The monoisotopic (exact) mass is 672 g/mol. The van der Waals surface area contributed by atoms with Crippen LogP contribution < -0.4 is 15.9 Å². The maximum absolute atomic E-state index is 14.0. The highest BCUT2D eigenvalue weighted by molar-refractivity contribution is 6.32. The first-order valence-electron chi connectivity index (χ1n) is 11.9. The number of rotatable bonds is 4. The third-order valence-electron chi connectivity index (χ3n) is 5.82. The smallest absolute Gasteiger partial charge is 0.418 e. The van der Waals surface area contributed by atoms with Crippen molar-refractivity contribution in [2.45, 2.75) is 33.1 Å². The van der Waals surface area contributed by atoms with Gasteiger partial charge in [-0.25, -0.2) is 8.78 Å². The molecule has 4 aromatic rings. The lowest BCUT2D eigenvalue weighted by Gasteiger charge is -2.13. The van der Waals surface area contributed by atoms with Crippen LogP contribution >= 0.6 is 23.2 Å². The van der Waals surface area contributed by atoms with Crippen LogP contribution in [-0.4, -0.2) is 31.3 Å². The van der Waals surface area contributed by atoms with Gasteiger partial charge in [0.2, 0.25) is 0 Å². The van der Waals surface area contributed by atoms with E-state index in [9.17, 15) is 49.8 Å². The van der Waals surface area contributed by atoms with E-state index in [1.165, 1.54) is 0 Å². The zero-order chi connectivity index (χ0) is 33.3. The van der Waals surface area contributed by atoms with Gasteiger partial charge in [-0.3, -0.25) is 9.59 Å². The second-order valence-electron chi connectivity index (χ2n) is 8.72. The number of phenolic OH excluding ortho intramolecular Hbond substituents is 1. The molecule has 2 heterocycles. The fraction of sp³-hybridized carbons (Fsp3) is 0.231. The first kappa shape index (κ1) is 34.3. The summed E-state index contributed by atoms with van der Waals surface area (Å²) in [5, 5.41) is 15.8. The maximum Gasteiger partial charge on any atom is 0.418 e. The average Bonchev–Trinajstić information content (AvgIpc) is 2.90. The number of benzene rings is 2. The topological polar surface area (TPSA) is 99.2 Å². The minimum atomic E-state index is -4.74. The summed E-state index contributed by atoms with van der Waals surface area (Å²) in [6.07, 6.45) is -8.56. The van der Waals surface area contributed by atoms with Crippen LogP contribution in [0.1, 0.15) is 29.2 Å². The van der Waals surface area contributed by atoms with Crippen LogP contribution in [0.2, 0.25) is 10.0 Å². The van der Waals surface area contributed by atoms with Crippen LogP contribution in [0, 0.1) is 25.5 Å². The average molecular weight is 673 g/mol.